The monoisotopic (exact) mass is 351 g/mol. The average molecular weight is 352 g/mol. The quantitative estimate of drug-likeness (QED) is 0.674. The number of rotatable bonds is 3. The van der Waals surface area contributed by atoms with E-state index < -0.39 is 0 Å². The third-order valence-corrected chi connectivity index (χ3v) is 6.27. The molecule has 1 N–H and O–H groups in total. The van der Waals surface area contributed by atoms with Crippen LogP contribution in [0.2, 0.25) is 5.28 Å². The lowest BCUT2D eigenvalue weighted by Gasteiger charge is -2.47. The molecular formula is C16H18ClN3O2S. The fraction of sp³-hybridized carbons (Fsp3) is 0.562. The van der Waals surface area contributed by atoms with Crippen molar-refractivity contribution in [2.24, 2.45) is 17.8 Å². The second kappa shape index (κ2) is 5.91. The van der Waals surface area contributed by atoms with E-state index in [9.17, 15) is 4.79 Å². The lowest BCUT2D eigenvalue weighted by molar-refractivity contribution is -0.152. The van der Waals surface area contributed by atoms with Crippen LogP contribution in [-0.4, -0.2) is 29.1 Å². The van der Waals surface area contributed by atoms with Gasteiger partial charge in [-0.3, -0.25) is 4.79 Å². The highest BCUT2D eigenvalue weighted by molar-refractivity contribution is 7.16. The number of nitrogens with one attached hydrogen (secondary N) is 1. The minimum atomic E-state index is -0.112. The Morgan fingerprint density at radius 1 is 1.30 bits per heavy atom. The Bertz CT molecular complexity index is 742. The van der Waals surface area contributed by atoms with Crippen molar-refractivity contribution in [2.45, 2.75) is 31.7 Å². The highest BCUT2D eigenvalue weighted by Crippen LogP contribution is 2.47. The molecule has 7 heteroatoms. The van der Waals surface area contributed by atoms with Gasteiger partial charge in [0.25, 0.3) is 0 Å². The van der Waals surface area contributed by atoms with E-state index in [1.807, 2.05) is 11.4 Å². The van der Waals surface area contributed by atoms with E-state index in [1.165, 1.54) is 18.4 Å². The van der Waals surface area contributed by atoms with Crippen LogP contribution in [0.25, 0.3) is 10.2 Å². The standard InChI is InChI=1S/C16H18ClN3O2S/c1-22-15(21)11-8-2-4-9(5-3-8)12(11)18-13-10-6-7-23-14(10)20-16(17)19-13/h6-9,11-12H,2-5H2,1H3,(H,18,19,20)/t8?,9?,11-,12-/m0/s1. The van der Waals surface area contributed by atoms with Crippen molar-refractivity contribution in [1.29, 1.82) is 0 Å². The average Bonchev–Trinajstić information content (AvgIpc) is 3.03. The van der Waals surface area contributed by atoms with Crippen LogP contribution in [0.15, 0.2) is 11.4 Å². The normalized spacial score (nSPS) is 29.7. The molecule has 3 aliphatic rings. The van der Waals surface area contributed by atoms with Gasteiger partial charge < -0.3 is 10.1 Å². The number of nitrogens with zero attached hydrogens (tertiary/aromatic N) is 2. The molecule has 0 spiro atoms. The van der Waals surface area contributed by atoms with Gasteiger partial charge >= 0.3 is 5.97 Å². The van der Waals surface area contributed by atoms with E-state index in [2.05, 4.69) is 15.3 Å². The van der Waals surface area contributed by atoms with Crippen LogP contribution in [-0.2, 0) is 9.53 Å². The molecule has 3 fully saturated rings. The zero-order chi connectivity index (χ0) is 16.0. The number of thiophene rings is 1. The van der Waals surface area contributed by atoms with E-state index in [0.717, 1.165) is 41.7 Å². The SMILES string of the molecule is COC(=O)[C@H]1C2CCC(CC2)[C@@H]1Nc1nc(Cl)nc2sccc12. The molecule has 0 amide bonds. The van der Waals surface area contributed by atoms with Crippen molar-refractivity contribution < 1.29 is 9.53 Å². The maximum Gasteiger partial charge on any atom is 0.311 e. The summed E-state index contributed by atoms with van der Waals surface area (Å²) in [4.78, 5) is 21.8. The molecule has 2 aromatic heterocycles. The molecule has 0 saturated heterocycles. The molecule has 0 aliphatic heterocycles. The molecular weight excluding hydrogens is 334 g/mol. The zero-order valence-electron chi connectivity index (χ0n) is 12.8. The Hall–Kier alpha value is -1.40. The number of halogens is 1. The van der Waals surface area contributed by atoms with Crippen LogP contribution in [0.3, 0.4) is 0 Å². The number of fused-ring (bicyclic) bond motifs is 4. The number of esters is 1. The summed E-state index contributed by atoms with van der Waals surface area (Å²) in [5.74, 6) is 1.40. The van der Waals surface area contributed by atoms with Crippen LogP contribution < -0.4 is 5.32 Å². The van der Waals surface area contributed by atoms with Crippen molar-refractivity contribution in [3.8, 4) is 0 Å². The third kappa shape index (κ3) is 2.58. The highest BCUT2D eigenvalue weighted by Gasteiger charge is 2.48. The van der Waals surface area contributed by atoms with E-state index in [-0.39, 0.29) is 23.2 Å². The molecule has 0 radical (unpaired) electrons. The molecule has 0 aromatic carbocycles. The van der Waals surface area contributed by atoms with Crippen molar-refractivity contribution >= 4 is 44.9 Å². The van der Waals surface area contributed by atoms with Gasteiger partial charge in [0.1, 0.15) is 10.6 Å². The Morgan fingerprint density at radius 2 is 2.04 bits per heavy atom. The fourth-order valence-corrected chi connectivity index (χ4v) is 5.21. The molecule has 2 aromatic rings. The Morgan fingerprint density at radius 3 is 2.78 bits per heavy atom. The van der Waals surface area contributed by atoms with Gasteiger partial charge in [-0.05, 0) is 60.6 Å². The third-order valence-electron chi connectivity index (χ3n) is 5.29. The molecule has 3 saturated carbocycles. The number of carbonyl (C=O) groups is 1. The first kappa shape index (κ1) is 15.1. The summed E-state index contributed by atoms with van der Waals surface area (Å²) in [6.07, 6.45) is 4.53. The highest BCUT2D eigenvalue weighted by atomic mass is 35.5. The van der Waals surface area contributed by atoms with Crippen LogP contribution in [0.1, 0.15) is 25.7 Å². The second-order valence-corrected chi connectivity index (χ2v) is 7.61. The fourth-order valence-electron chi connectivity index (χ4n) is 4.23. The summed E-state index contributed by atoms with van der Waals surface area (Å²) >= 11 is 7.59. The Labute approximate surface area is 143 Å². The summed E-state index contributed by atoms with van der Waals surface area (Å²) in [5.41, 5.74) is 0. The number of hydrogen-bond acceptors (Lipinski definition) is 6. The molecule has 5 nitrogen and oxygen atoms in total. The number of hydrogen-bond donors (Lipinski definition) is 1. The summed E-state index contributed by atoms with van der Waals surface area (Å²) in [6.45, 7) is 0. The summed E-state index contributed by atoms with van der Waals surface area (Å²) in [6, 6.07) is 2.05. The van der Waals surface area contributed by atoms with Crippen LogP contribution in [0, 0.1) is 17.8 Å². The van der Waals surface area contributed by atoms with Gasteiger partial charge in [0.15, 0.2) is 0 Å². The first-order valence-electron chi connectivity index (χ1n) is 7.92. The molecule has 3 aliphatic carbocycles. The van der Waals surface area contributed by atoms with E-state index in [4.69, 9.17) is 16.3 Å². The maximum atomic E-state index is 12.3. The Kier molecular flexibility index (Phi) is 3.89. The molecule has 5 rings (SSSR count). The zero-order valence-corrected chi connectivity index (χ0v) is 14.4. The van der Waals surface area contributed by atoms with Gasteiger partial charge in [0.05, 0.1) is 18.4 Å². The summed E-state index contributed by atoms with van der Waals surface area (Å²) in [5, 5.41) is 6.69. The van der Waals surface area contributed by atoms with Crippen molar-refractivity contribution in [1.82, 2.24) is 9.97 Å². The van der Waals surface area contributed by atoms with Gasteiger partial charge in [-0.1, -0.05) is 0 Å². The van der Waals surface area contributed by atoms with Crippen molar-refractivity contribution in [3.05, 3.63) is 16.7 Å². The van der Waals surface area contributed by atoms with E-state index in [1.54, 1.807) is 0 Å². The number of aromatic nitrogens is 2. The molecule has 0 unspecified atom stereocenters. The number of carbonyl (C=O) groups excluding carboxylic acids is 1. The number of anilines is 1. The van der Waals surface area contributed by atoms with Gasteiger partial charge in [-0.15, -0.1) is 11.3 Å². The number of methoxy groups -OCH3 is 1. The van der Waals surface area contributed by atoms with E-state index in [0.29, 0.717) is 11.8 Å². The lowest BCUT2D eigenvalue weighted by Crippen LogP contribution is -2.51. The van der Waals surface area contributed by atoms with Gasteiger partial charge in [-0.25, -0.2) is 9.97 Å². The minimum Gasteiger partial charge on any atom is -0.469 e. The van der Waals surface area contributed by atoms with Crippen LogP contribution in [0.4, 0.5) is 5.82 Å². The smallest absolute Gasteiger partial charge is 0.311 e. The molecule has 2 bridgehead atoms. The topological polar surface area (TPSA) is 64.1 Å². The molecule has 2 atom stereocenters. The first-order chi connectivity index (χ1) is 11.2. The summed E-state index contributed by atoms with van der Waals surface area (Å²) < 4.78 is 5.07. The molecule has 122 valence electrons. The largest absolute Gasteiger partial charge is 0.469 e. The lowest BCUT2D eigenvalue weighted by atomic mass is 9.61. The minimum absolute atomic E-state index is 0.0593. The van der Waals surface area contributed by atoms with Gasteiger partial charge in [-0.2, -0.15) is 0 Å². The van der Waals surface area contributed by atoms with Gasteiger partial charge in [0, 0.05) is 6.04 Å². The van der Waals surface area contributed by atoms with E-state index >= 15 is 0 Å². The van der Waals surface area contributed by atoms with Crippen LogP contribution >= 0.6 is 22.9 Å². The van der Waals surface area contributed by atoms with Crippen LogP contribution in [0.5, 0.6) is 0 Å². The first-order valence-corrected chi connectivity index (χ1v) is 9.18. The van der Waals surface area contributed by atoms with Gasteiger partial charge in [0.2, 0.25) is 5.28 Å². The maximum absolute atomic E-state index is 12.3. The number of ether oxygens (including phenoxy) is 1. The predicted molar refractivity (Wildman–Crippen MR) is 90.8 cm³/mol. The second-order valence-electron chi connectivity index (χ2n) is 6.37. The molecule has 23 heavy (non-hydrogen) atoms. The van der Waals surface area contributed by atoms with Crippen molar-refractivity contribution in [3.63, 3.8) is 0 Å². The Balaban J connectivity index is 1.70. The predicted octanol–water partition coefficient (Wildman–Crippen LogP) is 3.73. The summed E-state index contributed by atoms with van der Waals surface area (Å²) in [7, 11) is 1.47. The molecule has 2 heterocycles. The van der Waals surface area contributed by atoms with Crippen molar-refractivity contribution in [2.75, 3.05) is 12.4 Å².